The number of nitrogens with two attached hydrogens (primary N) is 2. The molecule has 0 heterocycles. The van der Waals surface area contributed by atoms with Crippen LogP contribution in [0.4, 0.5) is 0 Å². The number of phenols is 1. The third-order valence-corrected chi connectivity index (χ3v) is 5.17. The number of carbonyl (C=O) groups excluding carboxylic acids is 3. The van der Waals surface area contributed by atoms with Crippen molar-refractivity contribution in [1.82, 2.24) is 16.0 Å². The molecule has 5 unspecified atom stereocenters. The highest BCUT2D eigenvalue weighted by atomic mass is 16.4. The Balaban J connectivity index is 3.10. The van der Waals surface area contributed by atoms with Crippen molar-refractivity contribution in [3.8, 4) is 5.75 Å². The highest BCUT2D eigenvalue weighted by Gasteiger charge is 2.32. The normalized spacial score (nSPS) is 15.2. The van der Waals surface area contributed by atoms with Crippen LogP contribution in [0, 0.1) is 0 Å². The smallest absolute Gasteiger partial charge is 0.326 e. The third kappa shape index (κ3) is 10.3. The second-order valence-electron chi connectivity index (χ2n) is 8.13. The summed E-state index contributed by atoms with van der Waals surface area (Å²) in [5, 5.41) is 45.0. The standard InChI is InChI=1S/C22H35N5O8/c1-12(29)18(27-19(31)15(24)11-28)21(33)26-17(10-13-5-7-14(30)8-6-13)20(32)25-16(22(34)35)4-2-3-9-23/h5-8,12,15-18,28-30H,2-4,9-11,23-24H2,1H3,(H,25,32)(H,26,33)(H,27,31)(H,34,35). The number of aromatic hydroxyl groups is 1. The molecular weight excluding hydrogens is 462 g/mol. The van der Waals surface area contributed by atoms with Gasteiger partial charge in [-0.15, -0.1) is 0 Å². The number of aliphatic hydroxyl groups excluding tert-OH is 2. The molecular formula is C22H35N5O8. The van der Waals surface area contributed by atoms with Crippen LogP contribution in [0.15, 0.2) is 24.3 Å². The van der Waals surface area contributed by atoms with Gasteiger partial charge in [0.25, 0.3) is 0 Å². The van der Waals surface area contributed by atoms with Crippen molar-refractivity contribution in [2.75, 3.05) is 13.2 Å². The predicted molar refractivity (Wildman–Crippen MR) is 125 cm³/mol. The van der Waals surface area contributed by atoms with E-state index in [-0.39, 0.29) is 18.6 Å². The molecule has 11 N–H and O–H groups in total. The molecule has 0 aliphatic heterocycles. The van der Waals surface area contributed by atoms with E-state index < -0.39 is 60.6 Å². The molecule has 1 rings (SSSR count). The second-order valence-corrected chi connectivity index (χ2v) is 8.13. The quantitative estimate of drug-likeness (QED) is 0.114. The van der Waals surface area contributed by atoms with E-state index in [0.717, 1.165) is 0 Å². The van der Waals surface area contributed by atoms with Crippen LogP contribution in [0.1, 0.15) is 31.7 Å². The molecule has 5 atom stereocenters. The fourth-order valence-electron chi connectivity index (χ4n) is 3.11. The largest absolute Gasteiger partial charge is 0.508 e. The summed E-state index contributed by atoms with van der Waals surface area (Å²) >= 11 is 0. The highest BCUT2D eigenvalue weighted by molar-refractivity contribution is 5.94. The molecule has 1 aromatic carbocycles. The molecule has 0 aliphatic rings. The van der Waals surface area contributed by atoms with Crippen LogP contribution in [0.3, 0.4) is 0 Å². The van der Waals surface area contributed by atoms with Gasteiger partial charge in [0, 0.05) is 6.42 Å². The number of nitrogens with one attached hydrogen (secondary N) is 3. The number of carbonyl (C=O) groups is 4. The number of aliphatic hydroxyl groups is 2. The molecule has 0 radical (unpaired) electrons. The number of unbranched alkanes of at least 4 members (excludes halogenated alkanes) is 1. The molecule has 0 spiro atoms. The minimum absolute atomic E-state index is 0.0123. The zero-order valence-corrected chi connectivity index (χ0v) is 19.5. The number of carboxylic acid groups (broad SMARTS) is 1. The van der Waals surface area contributed by atoms with E-state index in [0.29, 0.717) is 24.9 Å². The number of phenolic OH excluding ortho intramolecular Hbond substituents is 1. The van der Waals surface area contributed by atoms with Gasteiger partial charge in [-0.05, 0) is 50.4 Å². The number of amides is 3. The van der Waals surface area contributed by atoms with E-state index in [4.69, 9.17) is 16.6 Å². The van der Waals surface area contributed by atoms with Gasteiger partial charge < -0.3 is 47.8 Å². The average Bonchev–Trinajstić information content (AvgIpc) is 2.81. The van der Waals surface area contributed by atoms with Crippen LogP contribution in [0.25, 0.3) is 0 Å². The van der Waals surface area contributed by atoms with Crippen molar-refractivity contribution in [2.45, 2.75) is 62.9 Å². The van der Waals surface area contributed by atoms with Crippen LogP contribution in [-0.4, -0.2) is 87.5 Å². The summed E-state index contributed by atoms with van der Waals surface area (Å²) in [6.45, 7) is 0.917. The van der Waals surface area contributed by atoms with Gasteiger partial charge in [0.1, 0.15) is 29.9 Å². The van der Waals surface area contributed by atoms with E-state index in [9.17, 15) is 34.5 Å². The van der Waals surface area contributed by atoms with Gasteiger partial charge in [0.05, 0.1) is 12.7 Å². The van der Waals surface area contributed by atoms with Gasteiger partial charge in [0.2, 0.25) is 17.7 Å². The van der Waals surface area contributed by atoms with E-state index in [1.807, 2.05) is 0 Å². The SMILES string of the molecule is CC(O)C(NC(=O)C(N)CO)C(=O)NC(Cc1ccc(O)cc1)C(=O)NC(CCCCN)C(=O)O. The molecule has 0 saturated heterocycles. The fourth-order valence-corrected chi connectivity index (χ4v) is 3.11. The van der Waals surface area contributed by atoms with Crippen LogP contribution < -0.4 is 27.4 Å². The zero-order chi connectivity index (χ0) is 26.5. The summed E-state index contributed by atoms with van der Waals surface area (Å²) in [7, 11) is 0. The van der Waals surface area contributed by atoms with E-state index in [1.54, 1.807) is 0 Å². The molecule has 3 amide bonds. The van der Waals surface area contributed by atoms with Gasteiger partial charge in [-0.1, -0.05) is 12.1 Å². The van der Waals surface area contributed by atoms with Crippen molar-refractivity contribution < 1.29 is 39.6 Å². The van der Waals surface area contributed by atoms with Crippen LogP contribution in [-0.2, 0) is 25.6 Å². The van der Waals surface area contributed by atoms with Gasteiger partial charge in [-0.2, -0.15) is 0 Å². The summed E-state index contributed by atoms with van der Waals surface area (Å²) in [5.41, 5.74) is 11.4. The number of aliphatic carboxylic acids is 1. The van der Waals surface area contributed by atoms with E-state index in [2.05, 4.69) is 16.0 Å². The Morgan fingerprint density at radius 3 is 2.06 bits per heavy atom. The van der Waals surface area contributed by atoms with Crippen molar-refractivity contribution in [1.29, 1.82) is 0 Å². The topological polar surface area (TPSA) is 237 Å². The first-order valence-electron chi connectivity index (χ1n) is 11.2. The summed E-state index contributed by atoms with van der Waals surface area (Å²) in [4.78, 5) is 49.5. The Morgan fingerprint density at radius 2 is 1.54 bits per heavy atom. The van der Waals surface area contributed by atoms with Crippen molar-refractivity contribution in [3.63, 3.8) is 0 Å². The number of hydrogen-bond acceptors (Lipinski definition) is 9. The van der Waals surface area contributed by atoms with Crippen LogP contribution in [0.2, 0.25) is 0 Å². The van der Waals surface area contributed by atoms with Crippen LogP contribution >= 0.6 is 0 Å². The molecule has 196 valence electrons. The lowest BCUT2D eigenvalue weighted by atomic mass is 10.0. The van der Waals surface area contributed by atoms with Gasteiger partial charge in [-0.25, -0.2) is 4.79 Å². The summed E-state index contributed by atoms with van der Waals surface area (Å²) in [6, 6.07) is 0.469. The highest BCUT2D eigenvalue weighted by Crippen LogP contribution is 2.12. The summed E-state index contributed by atoms with van der Waals surface area (Å²) in [6.07, 6.45) is -0.304. The van der Waals surface area contributed by atoms with Gasteiger partial charge >= 0.3 is 5.97 Å². The maximum atomic E-state index is 13.0. The lowest BCUT2D eigenvalue weighted by molar-refractivity contribution is -0.142. The van der Waals surface area contributed by atoms with Gasteiger partial charge in [0.15, 0.2) is 0 Å². The summed E-state index contributed by atoms with van der Waals surface area (Å²) in [5.74, 6) is -3.88. The first-order chi connectivity index (χ1) is 16.5. The fraction of sp³-hybridized carbons (Fsp3) is 0.545. The molecule has 35 heavy (non-hydrogen) atoms. The lowest BCUT2D eigenvalue weighted by Crippen LogP contribution is -2.60. The first kappa shape index (κ1) is 29.8. The molecule has 0 bridgehead atoms. The van der Waals surface area contributed by atoms with E-state index in [1.165, 1.54) is 31.2 Å². The van der Waals surface area contributed by atoms with Crippen molar-refractivity contribution in [2.24, 2.45) is 11.5 Å². The van der Waals surface area contributed by atoms with E-state index >= 15 is 0 Å². The Labute approximate surface area is 202 Å². The number of hydrogen-bond donors (Lipinski definition) is 9. The molecule has 13 nitrogen and oxygen atoms in total. The van der Waals surface area contributed by atoms with Gasteiger partial charge in [-0.3, -0.25) is 14.4 Å². The molecule has 1 aromatic rings. The Kier molecular flexibility index (Phi) is 12.7. The number of benzene rings is 1. The maximum Gasteiger partial charge on any atom is 0.326 e. The second kappa shape index (κ2) is 14.9. The molecule has 0 aliphatic carbocycles. The van der Waals surface area contributed by atoms with Crippen LogP contribution in [0.5, 0.6) is 5.75 Å². The average molecular weight is 498 g/mol. The summed E-state index contributed by atoms with van der Waals surface area (Å²) < 4.78 is 0. The van der Waals surface area contributed by atoms with Crippen molar-refractivity contribution >= 4 is 23.7 Å². The monoisotopic (exact) mass is 497 g/mol. The molecule has 0 saturated carbocycles. The lowest BCUT2D eigenvalue weighted by Gasteiger charge is -2.26. The predicted octanol–water partition coefficient (Wildman–Crippen LogP) is -2.70. The molecule has 13 heteroatoms. The number of carboxylic acids is 1. The minimum Gasteiger partial charge on any atom is -0.508 e. The minimum atomic E-state index is -1.50. The molecule has 0 fully saturated rings. The Hall–Kier alpha value is -3.26. The number of rotatable bonds is 15. The third-order valence-electron chi connectivity index (χ3n) is 5.17. The Bertz CT molecular complexity index is 849. The molecule has 0 aromatic heterocycles. The zero-order valence-electron chi connectivity index (χ0n) is 19.5. The first-order valence-corrected chi connectivity index (χ1v) is 11.2. The Morgan fingerprint density at radius 1 is 0.943 bits per heavy atom. The van der Waals surface area contributed by atoms with Crippen molar-refractivity contribution in [3.05, 3.63) is 29.8 Å². The maximum absolute atomic E-state index is 13.0.